The standard InChI is InChI=1S/C17H20ClN3O/c1-3-8-20-17(22)12-5-7-15(14(19)9-12)21-16-10-13(18)6-4-11(16)2/h4-7,9-10,21H,3,8,19H2,1-2H3,(H,20,22). The van der Waals surface area contributed by atoms with Gasteiger partial charge in [0.05, 0.1) is 11.4 Å². The van der Waals surface area contributed by atoms with E-state index in [2.05, 4.69) is 10.6 Å². The molecule has 0 saturated carbocycles. The molecular weight excluding hydrogens is 298 g/mol. The summed E-state index contributed by atoms with van der Waals surface area (Å²) in [4.78, 5) is 11.9. The summed E-state index contributed by atoms with van der Waals surface area (Å²) in [5.41, 5.74) is 9.82. The van der Waals surface area contributed by atoms with Crippen LogP contribution in [0.25, 0.3) is 0 Å². The number of nitrogens with two attached hydrogens (primary N) is 1. The molecule has 0 atom stereocenters. The summed E-state index contributed by atoms with van der Waals surface area (Å²) in [5.74, 6) is -0.112. The fourth-order valence-electron chi connectivity index (χ4n) is 2.03. The van der Waals surface area contributed by atoms with Crippen molar-refractivity contribution >= 4 is 34.6 Å². The number of anilines is 3. The highest BCUT2D eigenvalue weighted by atomic mass is 35.5. The lowest BCUT2D eigenvalue weighted by atomic mass is 10.1. The Balaban J connectivity index is 2.19. The zero-order valence-corrected chi connectivity index (χ0v) is 13.5. The van der Waals surface area contributed by atoms with E-state index in [0.717, 1.165) is 23.4 Å². The number of nitrogens with one attached hydrogen (secondary N) is 2. The van der Waals surface area contributed by atoms with Crippen LogP contribution in [0.3, 0.4) is 0 Å². The smallest absolute Gasteiger partial charge is 0.251 e. The largest absolute Gasteiger partial charge is 0.397 e. The molecule has 0 bridgehead atoms. The lowest BCUT2D eigenvalue weighted by Gasteiger charge is -2.13. The lowest BCUT2D eigenvalue weighted by Crippen LogP contribution is -2.24. The topological polar surface area (TPSA) is 67.2 Å². The summed E-state index contributed by atoms with van der Waals surface area (Å²) in [7, 11) is 0. The number of amides is 1. The minimum atomic E-state index is -0.112. The van der Waals surface area contributed by atoms with Crippen LogP contribution in [0.1, 0.15) is 29.3 Å². The first-order valence-electron chi connectivity index (χ1n) is 7.22. The molecule has 1 amide bonds. The SMILES string of the molecule is CCCNC(=O)c1ccc(Nc2cc(Cl)ccc2C)c(N)c1. The number of rotatable bonds is 5. The van der Waals surface area contributed by atoms with Crippen LogP contribution < -0.4 is 16.4 Å². The third-order valence-electron chi connectivity index (χ3n) is 3.32. The van der Waals surface area contributed by atoms with Gasteiger partial charge in [-0.15, -0.1) is 0 Å². The van der Waals surface area contributed by atoms with Crippen molar-refractivity contribution in [2.24, 2.45) is 0 Å². The van der Waals surface area contributed by atoms with Crippen LogP contribution in [0.5, 0.6) is 0 Å². The predicted molar refractivity (Wildman–Crippen MR) is 93.0 cm³/mol. The molecule has 0 unspecified atom stereocenters. The average molecular weight is 318 g/mol. The van der Waals surface area contributed by atoms with Gasteiger partial charge in [-0.25, -0.2) is 0 Å². The van der Waals surface area contributed by atoms with Crippen molar-refractivity contribution in [1.29, 1.82) is 0 Å². The molecule has 4 N–H and O–H groups in total. The molecule has 0 spiro atoms. The molecule has 0 aromatic heterocycles. The molecular formula is C17H20ClN3O. The number of carbonyl (C=O) groups is 1. The highest BCUT2D eigenvalue weighted by Crippen LogP contribution is 2.28. The molecule has 5 heteroatoms. The van der Waals surface area contributed by atoms with E-state index in [1.54, 1.807) is 18.2 Å². The first kappa shape index (κ1) is 16.2. The minimum absolute atomic E-state index is 0.112. The minimum Gasteiger partial charge on any atom is -0.397 e. The predicted octanol–water partition coefficient (Wildman–Crippen LogP) is 4.11. The van der Waals surface area contributed by atoms with Gasteiger partial charge in [-0.1, -0.05) is 24.6 Å². The molecule has 0 aliphatic heterocycles. The van der Waals surface area contributed by atoms with Gasteiger partial charge in [-0.2, -0.15) is 0 Å². The summed E-state index contributed by atoms with van der Waals surface area (Å²) >= 11 is 6.01. The van der Waals surface area contributed by atoms with Crippen molar-refractivity contribution < 1.29 is 4.79 Å². The van der Waals surface area contributed by atoms with E-state index < -0.39 is 0 Å². The highest BCUT2D eigenvalue weighted by molar-refractivity contribution is 6.30. The van der Waals surface area contributed by atoms with Crippen molar-refractivity contribution in [3.8, 4) is 0 Å². The van der Waals surface area contributed by atoms with Crippen LogP contribution in [0.4, 0.5) is 17.1 Å². The first-order chi connectivity index (χ1) is 10.5. The second kappa shape index (κ2) is 7.18. The third-order valence-corrected chi connectivity index (χ3v) is 3.55. The summed E-state index contributed by atoms with van der Waals surface area (Å²) in [6.45, 7) is 4.65. The van der Waals surface area contributed by atoms with Gasteiger partial charge in [0.2, 0.25) is 0 Å². The van der Waals surface area contributed by atoms with Gasteiger partial charge < -0.3 is 16.4 Å². The van der Waals surface area contributed by atoms with Gasteiger partial charge >= 0.3 is 0 Å². The Morgan fingerprint density at radius 2 is 1.95 bits per heavy atom. The summed E-state index contributed by atoms with van der Waals surface area (Å²) in [6.07, 6.45) is 0.898. The van der Waals surface area contributed by atoms with E-state index in [-0.39, 0.29) is 5.91 Å². The zero-order chi connectivity index (χ0) is 16.1. The van der Waals surface area contributed by atoms with Gasteiger partial charge in [0, 0.05) is 22.8 Å². The second-order valence-electron chi connectivity index (χ2n) is 5.14. The quantitative estimate of drug-likeness (QED) is 0.727. The second-order valence-corrected chi connectivity index (χ2v) is 5.58. The molecule has 2 aromatic carbocycles. The van der Waals surface area contributed by atoms with E-state index in [1.807, 2.05) is 32.0 Å². The Labute approximate surface area is 135 Å². The van der Waals surface area contributed by atoms with E-state index in [1.165, 1.54) is 0 Å². The molecule has 2 rings (SSSR count). The Morgan fingerprint density at radius 1 is 1.18 bits per heavy atom. The molecule has 0 saturated heterocycles. The van der Waals surface area contributed by atoms with Crippen LogP contribution in [-0.2, 0) is 0 Å². The Bertz CT molecular complexity index is 686. The molecule has 0 radical (unpaired) electrons. The first-order valence-corrected chi connectivity index (χ1v) is 7.60. The highest BCUT2D eigenvalue weighted by Gasteiger charge is 2.08. The molecule has 116 valence electrons. The van der Waals surface area contributed by atoms with Gasteiger partial charge in [-0.3, -0.25) is 4.79 Å². The van der Waals surface area contributed by atoms with Crippen LogP contribution in [0.2, 0.25) is 5.02 Å². The molecule has 0 aliphatic carbocycles. The van der Waals surface area contributed by atoms with Gasteiger partial charge in [-0.05, 0) is 49.2 Å². The monoisotopic (exact) mass is 317 g/mol. The number of carbonyl (C=O) groups excluding carboxylic acids is 1. The maximum Gasteiger partial charge on any atom is 0.251 e. The fraction of sp³-hybridized carbons (Fsp3) is 0.235. The number of halogens is 1. The third kappa shape index (κ3) is 3.92. The van der Waals surface area contributed by atoms with Crippen LogP contribution >= 0.6 is 11.6 Å². The molecule has 0 aliphatic rings. The molecule has 4 nitrogen and oxygen atoms in total. The average Bonchev–Trinajstić information content (AvgIpc) is 2.50. The summed E-state index contributed by atoms with van der Waals surface area (Å²) < 4.78 is 0. The molecule has 2 aromatic rings. The van der Waals surface area contributed by atoms with Gasteiger partial charge in [0.1, 0.15) is 0 Å². The molecule has 0 fully saturated rings. The van der Waals surface area contributed by atoms with E-state index >= 15 is 0 Å². The maximum absolute atomic E-state index is 11.9. The van der Waals surface area contributed by atoms with E-state index in [0.29, 0.717) is 22.8 Å². The van der Waals surface area contributed by atoms with Gasteiger partial charge in [0.25, 0.3) is 5.91 Å². The van der Waals surface area contributed by atoms with Crippen molar-refractivity contribution in [3.63, 3.8) is 0 Å². The normalized spacial score (nSPS) is 10.3. The van der Waals surface area contributed by atoms with E-state index in [4.69, 9.17) is 17.3 Å². The number of hydrogen-bond acceptors (Lipinski definition) is 3. The zero-order valence-electron chi connectivity index (χ0n) is 12.7. The number of benzene rings is 2. The molecule has 0 heterocycles. The molecule has 22 heavy (non-hydrogen) atoms. The Morgan fingerprint density at radius 3 is 2.64 bits per heavy atom. The van der Waals surface area contributed by atoms with Crippen LogP contribution in [0, 0.1) is 6.92 Å². The lowest BCUT2D eigenvalue weighted by molar-refractivity contribution is 0.0953. The summed E-state index contributed by atoms with van der Waals surface area (Å²) in [5, 5.41) is 6.73. The number of hydrogen-bond donors (Lipinski definition) is 3. The van der Waals surface area contributed by atoms with Crippen LogP contribution in [0.15, 0.2) is 36.4 Å². The van der Waals surface area contributed by atoms with Gasteiger partial charge in [0.15, 0.2) is 0 Å². The van der Waals surface area contributed by atoms with Crippen molar-refractivity contribution in [3.05, 3.63) is 52.5 Å². The van der Waals surface area contributed by atoms with Crippen LogP contribution in [-0.4, -0.2) is 12.5 Å². The summed E-state index contributed by atoms with van der Waals surface area (Å²) in [6, 6.07) is 10.9. The Hall–Kier alpha value is -2.20. The van der Waals surface area contributed by atoms with Crippen molar-refractivity contribution in [1.82, 2.24) is 5.32 Å². The van der Waals surface area contributed by atoms with Crippen molar-refractivity contribution in [2.45, 2.75) is 20.3 Å². The maximum atomic E-state index is 11.9. The van der Waals surface area contributed by atoms with E-state index in [9.17, 15) is 4.79 Å². The van der Waals surface area contributed by atoms with Crippen molar-refractivity contribution in [2.75, 3.05) is 17.6 Å². The number of aryl methyl sites for hydroxylation is 1. The fourth-order valence-corrected chi connectivity index (χ4v) is 2.20. The Kier molecular flexibility index (Phi) is 5.28. The number of nitrogen functional groups attached to an aromatic ring is 1.